The van der Waals surface area contributed by atoms with E-state index in [0.717, 1.165) is 12.8 Å². The van der Waals surface area contributed by atoms with Crippen LogP contribution in [0.2, 0.25) is 0 Å². The Morgan fingerprint density at radius 2 is 2.16 bits per heavy atom. The Labute approximate surface area is 110 Å². The molecule has 1 saturated carbocycles. The van der Waals surface area contributed by atoms with Gasteiger partial charge in [0.15, 0.2) is 5.76 Å². The molecule has 2 N–H and O–H groups in total. The molecule has 5 heteroatoms. The summed E-state index contributed by atoms with van der Waals surface area (Å²) in [7, 11) is 0. The zero-order valence-corrected chi connectivity index (χ0v) is 10.4. The fourth-order valence-electron chi connectivity index (χ4n) is 2.94. The third-order valence-corrected chi connectivity index (χ3v) is 3.91. The molecule has 1 heterocycles. The molecule has 0 aliphatic heterocycles. The summed E-state index contributed by atoms with van der Waals surface area (Å²) in [4.78, 5) is 11.6. The number of amides is 1. The molecular formula is C14H15N3O2. The fraction of sp³-hybridized carbons (Fsp3) is 0.357. The maximum absolute atomic E-state index is 11.6. The molecular weight excluding hydrogens is 242 g/mol. The van der Waals surface area contributed by atoms with Crippen molar-refractivity contribution >= 4 is 5.91 Å². The van der Waals surface area contributed by atoms with E-state index in [4.69, 9.17) is 10.3 Å². The summed E-state index contributed by atoms with van der Waals surface area (Å²) in [6, 6.07) is 10.1. The van der Waals surface area contributed by atoms with Crippen molar-refractivity contribution in [3.8, 4) is 0 Å². The summed E-state index contributed by atoms with van der Waals surface area (Å²) in [6.07, 6.45) is 3.32. The van der Waals surface area contributed by atoms with Crippen molar-refractivity contribution in [2.45, 2.75) is 18.8 Å². The van der Waals surface area contributed by atoms with Crippen LogP contribution in [0.1, 0.15) is 23.7 Å². The zero-order chi connectivity index (χ0) is 13.2. The summed E-state index contributed by atoms with van der Waals surface area (Å²) >= 11 is 0. The second-order valence-electron chi connectivity index (χ2n) is 5.04. The highest BCUT2D eigenvalue weighted by Crippen LogP contribution is 2.48. The van der Waals surface area contributed by atoms with E-state index in [1.54, 1.807) is 6.20 Å². The van der Waals surface area contributed by atoms with Gasteiger partial charge in [-0.3, -0.25) is 4.79 Å². The number of carbonyl (C=O) groups excluding carboxylic acids is 1. The maximum Gasteiger partial charge on any atom is 0.221 e. The molecule has 1 fully saturated rings. The summed E-state index contributed by atoms with van der Waals surface area (Å²) in [5.41, 5.74) is 6.75. The highest BCUT2D eigenvalue weighted by atomic mass is 16.5. The second-order valence-corrected chi connectivity index (χ2v) is 5.04. The van der Waals surface area contributed by atoms with Gasteiger partial charge in [0.2, 0.25) is 5.91 Å². The quantitative estimate of drug-likeness (QED) is 0.900. The minimum absolute atomic E-state index is 0.0289. The van der Waals surface area contributed by atoms with E-state index in [9.17, 15) is 4.79 Å². The predicted molar refractivity (Wildman–Crippen MR) is 68.0 cm³/mol. The van der Waals surface area contributed by atoms with E-state index in [1.165, 1.54) is 5.56 Å². The van der Waals surface area contributed by atoms with Crippen LogP contribution in [-0.4, -0.2) is 16.3 Å². The molecule has 1 aliphatic rings. The number of rotatable bonds is 4. The minimum atomic E-state index is -0.270. The van der Waals surface area contributed by atoms with E-state index in [-0.39, 0.29) is 23.7 Å². The molecule has 3 unspecified atom stereocenters. The van der Waals surface area contributed by atoms with Crippen LogP contribution in [-0.2, 0) is 11.2 Å². The van der Waals surface area contributed by atoms with Crippen LogP contribution >= 0.6 is 0 Å². The summed E-state index contributed by atoms with van der Waals surface area (Å²) in [5, 5.41) is 7.11. The number of nitrogens with zero attached hydrogens (tertiary/aromatic N) is 2. The maximum atomic E-state index is 11.6. The second kappa shape index (κ2) is 4.84. The number of hydrogen-bond acceptors (Lipinski definition) is 4. The molecule has 1 aromatic carbocycles. The molecule has 0 radical (unpaired) electrons. The first-order valence-corrected chi connectivity index (χ1v) is 6.36. The molecule has 1 aromatic heterocycles. The molecule has 2 aromatic rings. The lowest BCUT2D eigenvalue weighted by Crippen LogP contribution is -2.44. The molecule has 0 bridgehead atoms. The standard InChI is InChI=1S/C14H15N3O2/c15-14(18)13-10(6-9-4-2-1-3-5-9)7-11(13)12-8-16-17-19-12/h1-5,8,10-11,13H,6-7H2,(H2,15,18). The summed E-state index contributed by atoms with van der Waals surface area (Å²) < 4.78 is 5.05. The number of primary amides is 1. The van der Waals surface area contributed by atoms with E-state index in [2.05, 4.69) is 22.5 Å². The fourth-order valence-corrected chi connectivity index (χ4v) is 2.94. The van der Waals surface area contributed by atoms with Gasteiger partial charge in [-0.05, 0) is 24.3 Å². The number of hydrogen-bond donors (Lipinski definition) is 1. The van der Waals surface area contributed by atoms with Crippen molar-refractivity contribution in [3.63, 3.8) is 0 Å². The van der Waals surface area contributed by atoms with Gasteiger partial charge in [-0.25, -0.2) is 0 Å². The third kappa shape index (κ3) is 2.23. The van der Waals surface area contributed by atoms with Crippen molar-refractivity contribution < 1.29 is 9.32 Å². The van der Waals surface area contributed by atoms with Crippen LogP contribution in [0.25, 0.3) is 0 Å². The van der Waals surface area contributed by atoms with Crippen molar-refractivity contribution in [1.29, 1.82) is 0 Å². The van der Waals surface area contributed by atoms with Crippen LogP contribution < -0.4 is 5.73 Å². The lowest BCUT2D eigenvalue weighted by molar-refractivity contribution is -0.128. The first-order chi connectivity index (χ1) is 9.25. The molecule has 19 heavy (non-hydrogen) atoms. The molecule has 0 saturated heterocycles. The Morgan fingerprint density at radius 1 is 1.37 bits per heavy atom. The van der Waals surface area contributed by atoms with Crippen molar-refractivity contribution in [2.75, 3.05) is 0 Å². The Balaban J connectivity index is 1.73. The van der Waals surface area contributed by atoms with Gasteiger partial charge in [0, 0.05) is 11.2 Å². The largest absolute Gasteiger partial charge is 0.369 e. The van der Waals surface area contributed by atoms with E-state index < -0.39 is 0 Å². The number of carbonyl (C=O) groups is 1. The van der Waals surface area contributed by atoms with Crippen LogP contribution in [0.5, 0.6) is 0 Å². The molecule has 98 valence electrons. The van der Waals surface area contributed by atoms with Gasteiger partial charge in [-0.15, -0.1) is 5.10 Å². The lowest BCUT2D eigenvalue weighted by atomic mass is 9.61. The summed E-state index contributed by atoms with van der Waals surface area (Å²) in [5.74, 6) is 0.507. The molecule has 0 spiro atoms. The van der Waals surface area contributed by atoms with E-state index in [1.807, 2.05) is 18.2 Å². The topological polar surface area (TPSA) is 82.0 Å². The SMILES string of the molecule is NC(=O)C1C(Cc2ccccc2)CC1c1cnno1. The van der Waals surface area contributed by atoms with Gasteiger partial charge in [0.05, 0.1) is 12.1 Å². The first-order valence-electron chi connectivity index (χ1n) is 6.36. The first kappa shape index (κ1) is 11.9. The van der Waals surface area contributed by atoms with Crippen LogP contribution in [0.3, 0.4) is 0 Å². The third-order valence-electron chi connectivity index (χ3n) is 3.91. The van der Waals surface area contributed by atoms with Gasteiger partial charge in [-0.1, -0.05) is 30.3 Å². The molecule has 5 nitrogen and oxygen atoms in total. The zero-order valence-electron chi connectivity index (χ0n) is 10.4. The lowest BCUT2D eigenvalue weighted by Gasteiger charge is -2.41. The van der Waals surface area contributed by atoms with Crippen LogP contribution in [0.4, 0.5) is 0 Å². The highest BCUT2D eigenvalue weighted by Gasteiger charge is 2.47. The molecule has 3 rings (SSSR count). The van der Waals surface area contributed by atoms with E-state index in [0.29, 0.717) is 5.76 Å². The average molecular weight is 257 g/mol. The van der Waals surface area contributed by atoms with Gasteiger partial charge in [0.1, 0.15) is 0 Å². The number of aromatic nitrogens is 2. The Morgan fingerprint density at radius 3 is 2.79 bits per heavy atom. The molecule has 1 amide bonds. The Bertz CT molecular complexity index is 553. The van der Waals surface area contributed by atoms with Crippen molar-refractivity contribution in [1.82, 2.24) is 10.4 Å². The predicted octanol–water partition coefficient (Wildman–Crippen LogP) is 1.52. The van der Waals surface area contributed by atoms with Crippen LogP contribution in [0.15, 0.2) is 41.1 Å². The summed E-state index contributed by atoms with van der Waals surface area (Å²) in [6.45, 7) is 0. The van der Waals surface area contributed by atoms with Gasteiger partial charge in [0.25, 0.3) is 0 Å². The average Bonchev–Trinajstić information content (AvgIpc) is 2.87. The monoisotopic (exact) mass is 257 g/mol. The number of nitrogens with two attached hydrogens (primary N) is 1. The van der Waals surface area contributed by atoms with Crippen molar-refractivity contribution in [2.24, 2.45) is 17.6 Å². The Kier molecular flexibility index (Phi) is 3.03. The van der Waals surface area contributed by atoms with Gasteiger partial charge in [-0.2, -0.15) is 0 Å². The molecule has 3 atom stereocenters. The smallest absolute Gasteiger partial charge is 0.221 e. The van der Waals surface area contributed by atoms with Gasteiger partial charge >= 0.3 is 0 Å². The number of benzene rings is 1. The molecule has 1 aliphatic carbocycles. The Hall–Kier alpha value is -2.17. The van der Waals surface area contributed by atoms with Gasteiger partial charge < -0.3 is 10.3 Å². The highest BCUT2D eigenvalue weighted by molar-refractivity contribution is 5.79. The van der Waals surface area contributed by atoms with Crippen LogP contribution in [0, 0.1) is 11.8 Å². The normalized spacial score (nSPS) is 25.8. The minimum Gasteiger partial charge on any atom is -0.369 e. The van der Waals surface area contributed by atoms with Crippen molar-refractivity contribution in [3.05, 3.63) is 47.9 Å². The van der Waals surface area contributed by atoms with E-state index >= 15 is 0 Å².